The van der Waals surface area contributed by atoms with Gasteiger partial charge in [0.15, 0.2) is 15.7 Å². The normalized spacial score (nSPS) is 17.6. The van der Waals surface area contributed by atoms with Gasteiger partial charge in [-0.05, 0) is 31.5 Å². The van der Waals surface area contributed by atoms with Crippen LogP contribution in [0.15, 0.2) is 35.2 Å². The molecule has 0 spiro atoms. The summed E-state index contributed by atoms with van der Waals surface area (Å²) in [5.41, 5.74) is 0. The molecule has 0 radical (unpaired) electrons. The van der Waals surface area contributed by atoms with Crippen LogP contribution in [0.3, 0.4) is 0 Å². The SMILES string of the molecule is CCc1nc2n(n1)C[C@@H](NCCCS(=O)(=O)c1ccccc1)CC2. The fourth-order valence-corrected chi connectivity index (χ4v) is 4.32. The van der Waals surface area contributed by atoms with Crippen LogP contribution in [0.25, 0.3) is 0 Å². The highest BCUT2D eigenvalue weighted by atomic mass is 32.2. The van der Waals surface area contributed by atoms with E-state index in [1.54, 1.807) is 24.3 Å². The molecule has 7 heteroatoms. The lowest BCUT2D eigenvalue weighted by Crippen LogP contribution is -2.38. The Balaban J connectivity index is 1.46. The van der Waals surface area contributed by atoms with Gasteiger partial charge < -0.3 is 5.32 Å². The molecule has 24 heavy (non-hydrogen) atoms. The summed E-state index contributed by atoms with van der Waals surface area (Å²) < 4.78 is 26.5. The van der Waals surface area contributed by atoms with Crippen molar-refractivity contribution in [2.75, 3.05) is 12.3 Å². The molecule has 1 aliphatic heterocycles. The minimum absolute atomic E-state index is 0.172. The van der Waals surface area contributed by atoms with Crippen LogP contribution in [0, 0.1) is 0 Å². The standard InChI is InChI=1S/C17H24N4O2S/c1-2-16-19-17-10-9-14(13-21(17)20-16)18-11-6-12-24(22,23)15-7-4-3-5-8-15/h3-5,7-8,14,18H,2,6,9-13H2,1H3/t14-/m0/s1. The van der Waals surface area contributed by atoms with Crippen molar-refractivity contribution in [2.24, 2.45) is 0 Å². The number of nitrogens with one attached hydrogen (secondary N) is 1. The zero-order chi connectivity index (χ0) is 17.0. The summed E-state index contributed by atoms with van der Waals surface area (Å²) in [6.07, 6.45) is 3.41. The highest BCUT2D eigenvalue weighted by Gasteiger charge is 2.21. The molecule has 0 saturated heterocycles. The molecule has 6 nitrogen and oxygen atoms in total. The van der Waals surface area contributed by atoms with Crippen LogP contribution in [0.4, 0.5) is 0 Å². The average Bonchev–Trinajstić information content (AvgIpc) is 3.02. The summed E-state index contributed by atoms with van der Waals surface area (Å²) in [6, 6.07) is 8.98. The summed E-state index contributed by atoms with van der Waals surface area (Å²) in [7, 11) is -3.18. The summed E-state index contributed by atoms with van der Waals surface area (Å²) in [6.45, 7) is 3.57. The van der Waals surface area contributed by atoms with Crippen molar-refractivity contribution in [3.8, 4) is 0 Å². The molecular weight excluding hydrogens is 324 g/mol. The monoisotopic (exact) mass is 348 g/mol. The molecule has 2 aromatic rings. The average molecular weight is 348 g/mol. The lowest BCUT2D eigenvalue weighted by atomic mass is 10.1. The molecule has 0 saturated carbocycles. The Morgan fingerprint density at radius 1 is 1.29 bits per heavy atom. The van der Waals surface area contributed by atoms with E-state index < -0.39 is 9.84 Å². The summed E-state index contributed by atoms with van der Waals surface area (Å²) >= 11 is 0. The van der Waals surface area contributed by atoms with E-state index in [0.717, 1.165) is 37.5 Å². The Labute approximate surface area is 143 Å². The largest absolute Gasteiger partial charge is 0.312 e. The Bertz CT molecular complexity index is 771. The van der Waals surface area contributed by atoms with Crippen molar-refractivity contribution in [1.29, 1.82) is 0 Å². The van der Waals surface area contributed by atoms with Crippen LogP contribution in [0.1, 0.15) is 31.4 Å². The van der Waals surface area contributed by atoms with Crippen LogP contribution < -0.4 is 5.32 Å². The first-order valence-corrected chi connectivity index (χ1v) is 10.2. The predicted octanol–water partition coefficient (Wildman–Crippen LogP) is 1.61. The molecule has 0 bridgehead atoms. The van der Waals surface area contributed by atoms with E-state index in [1.165, 1.54) is 0 Å². The van der Waals surface area contributed by atoms with Crippen LogP contribution in [-0.2, 0) is 29.2 Å². The molecule has 3 rings (SSSR count). The first kappa shape index (κ1) is 17.1. The van der Waals surface area contributed by atoms with Gasteiger partial charge in [0, 0.05) is 18.9 Å². The van der Waals surface area contributed by atoms with Gasteiger partial charge in [0.2, 0.25) is 0 Å². The van der Waals surface area contributed by atoms with E-state index in [-0.39, 0.29) is 5.75 Å². The van der Waals surface area contributed by atoms with E-state index >= 15 is 0 Å². The molecule has 0 fully saturated rings. The molecule has 1 aliphatic rings. The smallest absolute Gasteiger partial charge is 0.178 e. The van der Waals surface area contributed by atoms with Crippen molar-refractivity contribution in [1.82, 2.24) is 20.1 Å². The third kappa shape index (κ3) is 4.02. The fraction of sp³-hybridized carbons (Fsp3) is 0.529. The van der Waals surface area contributed by atoms with E-state index in [9.17, 15) is 8.42 Å². The van der Waals surface area contributed by atoms with Gasteiger partial charge >= 0.3 is 0 Å². The maximum atomic E-state index is 12.2. The molecule has 130 valence electrons. The zero-order valence-corrected chi connectivity index (χ0v) is 14.8. The summed E-state index contributed by atoms with van der Waals surface area (Å²) in [5, 5.41) is 7.96. The number of sulfone groups is 1. The maximum absolute atomic E-state index is 12.2. The number of aryl methyl sites for hydroxylation is 2. The molecule has 0 amide bonds. The van der Waals surface area contributed by atoms with E-state index in [4.69, 9.17) is 0 Å². The van der Waals surface area contributed by atoms with Gasteiger partial charge in [-0.2, -0.15) is 5.10 Å². The fourth-order valence-electron chi connectivity index (χ4n) is 2.99. The molecule has 2 heterocycles. The number of benzene rings is 1. The van der Waals surface area contributed by atoms with Gasteiger partial charge in [-0.1, -0.05) is 25.1 Å². The third-order valence-corrected chi connectivity index (χ3v) is 6.16. The minimum atomic E-state index is -3.18. The van der Waals surface area contributed by atoms with Crippen molar-refractivity contribution in [3.63, 3.8) is 0 Å². The molecule has 1 aromatic carbocycles. The quantitative estimate of drug-likeness (QED) is 0.769. The number of aromatic nitrogens is 3. The van der Waals surface area contributed by atoms with Gasteiger partial charge in [-0.15, -0.1) is 0 Å². The van der Waals surface area contributed by atoms with Crippen LogP contribution in [0.2, 0.25) is 0 Å². The van der Waals surface area contributed by atoms with Crippen molar-refractivity contribution < 1.29 is 8.42 Å². The first-order valence-electron chi connectivity index (χ1n) is 8.52. The highest BCUT2D eigenvalue weighted by Crippen LogP contribution is 2.14. The number of fused-ring (bicyclic) bond motifs is 1. The Morgan fingerprint density at radius 2 is 2.08 bits per heavy atom. The van der Waals surface area contributed by atoms with Gasteiger partial charge in [0.25, 0.3) is 0 Å². The second-order valence-electron chi connectivity index (χ2n) is 6.16. The summed E-state index contributed by atoms with van der Waals surface area (Å²) in [5.74, 6) is 2.14. The van der Waals surface area contributed by atoms with Gasteiger partial charge in [-0.3, -0.25) is 0 Å². The first-order chi connectivity index (χ1) is 11.6. The predicted molar refractivity (Wildman–Crippen MR) is 92.6 cm³/mol. The second kappa shape index (κ2) is 7.44. The molecule has 0 aliphatic carbocycles. The van der Waals surface area contributed by atoms with Crippen molar-refractivity contribution >= 4 is 9.84 Å². The minimum Gasteiger partial charge on any atom is -0.312 e. The molecule has 1 atom stereocenters. The third-order valence-electron chi connectivity index (χ3n) is 4.34. The second-order valence-corrected chi connectivity index (χ2v) is 8.26. The van der Waals surface area contributed by atoms with Crippen molar-refractivity contribution in [3.05, 3.63) is 42.0 Å². The topological polar surface area (TPSA) is 76.9 Å². The van der Waals surface area contributed by atoms with Crippen molar-refractivity contribution in [2.45, 2.75) is 50.1 Å². The molecule has 1 aromatic heterocycles. The number of rotatable bonds is 7. The number of hydrogen-bond acceptors (Lipinski definition) is 5. The molecule has 0 unspecified atom stereocenters. The van der Waals surface area contributed by atoms with Crippen LogP contribution in [0.5, 0.6) is 0 Å². The molecular formula is C17H24N4O2S. The van der Waals surface area contributed by atoms with E-state index in [0.29, 0.717) is 23.9 Å². The maximum Gasteiger partial charge on any atom is 0.178 e. The lowest BCUT2D eigenvalue weighted by molar-refractivity contribution is 0.359. The van der Waals surface area contributed by atoms with E-state index in [1.807, 2.05) is 10.7 Å². The Kier molecular flexibility index (Phi) is 5.30. The summed E-state index contributed by atoms with van der Waals surface area (Å²) in [4.78, 5) is 4.92. The Hall–Kier alpha value is -1.73. The molecule has 1 N–H and O–H groups in total. The van der Waals surface area contributed by atoms with E-state index in [2.05, 4.69) is 22.3 Å². The zero-order valence-electron chi connectivity index (χ0n) is 14.0. The van der Waals surface area contributed by atoms with Gasteiger partial charge in [0.1, 0.15) is 5.82 Å². The lowest BCUT2D eigenvalue weighted by Gasteiger charge is -2.23. The van der Waals surface area contributed by atoms with Crippen LogP contribution in [-0.4, -0.2) is 41.5 Å². The van der Waals surface area contributed by atoms with Gasteiger partial charge in [0.05, 0.1) is 17.2 Å². The number of nitrogens with zero attached hydrogens (tertiary/aromatic N) is 3. The Morgan fingerprint density at radius 3 is 2.83 bits per heavy atom. The highest BCUT2D eigenvalue weighted by molar-refractivity contribution is 7.91. The van der Waals surface area contributed by atoms with Crippen LogP contribution >= 0.6 is 0 Å². The number of hydrogen-bond donors (Lipinski definition) is 1. The van der Waals surface area contributed by atoms with Gasteiger partial charge in [-0.25, -0.2) is 18.1 Å².